The summed E-state index contributed by atoms with van der Waals surface area (Å²) in [5, 5.41) is 0. The molecule has 0 saturated heterocycles. The van der Waals surface area contributed by atoms with Crippen LogP contribution in [-0.2, 0) is 11.3 Å². The number of allylic oxidation sites excluding steroid dienone is 1. The van der Waals surface area contributed by atoms with Crippen molar-refractivity contribution >= 4 is 18.0 Å². The van der Waals surface area contributed by atoms with E-state index >= 15 is 0 Å². The van der Waals surface area contributed by atoms with Crippen molar-refractivity contribution in [3.8, 4) is 5.75 Å². The maximum atomic E-state index is 11.3. The van der Waals surface area contributed by atoms with Crippen molar-refractivity contribution < 1.29 is 9.53 Å². The smallest absolute Gasteiger partial charge is 0.156 e. The zero-order valence-corrected chi connectivity index (χ0v) is 19.8. The van der Waals surface area contributed by atoms with Crippen LogP contribution in [0.5, 0.6) is 5.75 Å². The molecule has 0 unspecified atom stereocenters. The molecule has 0 atom stereocenters. The minimum Gasteiger partial charge on any atom is -0.497 e. The molecule has 1 aliphatic rings. The quantitative estimate of drug-likeness (QED) is 0.446. The number of nitrogens with zero attached hydrogens (tertiary/aromatic N) is 3. The standard InChI is InChI=1S/C21H21N3O2.C3H8.C2H6/c1-15(14-25)19-21(22-2)24(13-16-9-11-18(26-3)12-10-16)20(23-19)17-7-5-4-6-8-17;1-3-2;1-2/h4-12,14H,13H2,1-3H3;3H2,1-2H3;1-2H3/b19-15-,22-21?;;. The summed E-state index contributed by atoms with van der Waals surface area (Å²) in [6.07, 6.45) is 2.07. The average molecular weight is 422 g/mol. The van der Waals surface area contributed by atoms with E-state index < -0.39 is 0 Å². The molecule has 0 amide bonds. The molecule has 0 bridgehead atoms. The maximum absolute atomic E-state index is 11.3. The molecule has 0 aromatic heterocycles. The van der Waals surface area contributed by atoms with Crippen molar-refractivity contribution in [3.63, 3.8) is 0 Å². The molecule has 2 aromatic rings. The van der Waals surface area contributed by atoms with Crippen molar-refractivity contribution in [2.45, 2.75) is 47.6 Å². The Morgan fingerprint density at radius 1 is 1.06 bits per heavy atom. The van der Waals surface area contributed by atoms with Crippen LogP contribution in [0.2, 0.25) is 0 Å². The first-order valence-corrected chi connectivity index (χ1v) is 10.8. The Kier molecular flexibility index (Phi) is 11.6. The van der Waals surface area contributed by atoms with E-state index in [4.69, 9.17) is 9.73 Å². The Morgan fingerprint density at radius 3 is 2.13 bits per heavy atom. The Hall–Kier alpha value is -3.21. The maximum Gasteiger partial charge on any atom is 0.156 e. The molecule has 0 radical (unpaired) electrons. The number of ether oxygens (including phenoxy) is 1. The van der Waals surface area contributed by atoms with E-state index in [0.29, 0.717) is 23.7 Å². The van der Waals surface area contributed by atoms with Gasteiger partial charge in [-0.25, -0.2) is 4.99 Å². The Morgan fingerprint density at radius 2 is 1.65 bits per heavy atom. The fourth-order valence-corrected chi connectivity index (χ4v) is 2.86. The zero-order chi connectivity index (χ0) is 23.2. The zero-order valence-electron chi connectivity index (χ0n) is 19.8. The van der Waals surface area contributed by atoms with Gasteiger partial charge in [0.1, 0.15) is 23.6 Å². The van der Waals surface area contributed by atoms with Gasteiger partial charge in [-0.05, 0) is 24.6 Å². The highest BCUT2D eigenvalue weighted by Gasteiger charge is 2.30. The fourth-order valence-electron chi connectivity index (χ4n) is 2.86. The lowest BCUT2D eigenvalue weighted by molar-refractivity contribution is -0.104. The van der Waals surface area contributed by atoms with E-state index in [1.807, 2.05) is 73.3 Å². The first-order chi connectivity index (χ1) is 15.1. The summed E-state index contributed by atoms with van der Waals surface area (Å²) in [5.74, 6) is 2.30. The summed E-state index contributed by atoms with van der Waals surface area (Å²) in [6, 6.07) is 17.8. The molecule has 1 heterocycles. The molecule has 5 heteroatoms. The molecule has 31 heavy (non-hydrogen) atoms. The third-order valence-electron chi connectivity index (χ3n) is 4.23. The van der Waals surface area contributed by atoms with Crippen LogP contribution in [0.15, 0.2) is 75.9 Å². The molecule has 2 aromatic carbocycles. The van der Waals surface area contributed by atoms with Crippen LogP contribution in [0.3, 0.4) is 0 Å². The predicted octanol–water partition coefficient (Wildman–Crippen LogP) is 5.90. The number of methoxy groups -OCH3 is 1. The van der Waals surface area contributed by atoms with Crippen LogP contribution in [0.4, 0.5) is 0 Å². The van der Waals surface area contributed by atoms with E-state index in [1.54, 1.807) is 21.1 Å². The van der Waals surface area contributed by atoms with Crippen LogP contribution in [0.1, 0.15) is 52.2 Å². The van der Waals surface area contributed by atoms with E-state index in [1.165, 1.54) is 6.42 Å². The molecule has 3 rings (SSSR count). The van der Waals surface area contributed by atoms with Gasteiger partial charge < -0.3 is 9.64 Å². The normalized spacial score (nSPS) is 15.3. The monoisotopic (exact) mass is 421 g/mol. The van der Waals surface area contributed by atoms with Gasteiger partial charge >= 0.3 is 0 Å². The Balaban J connectivity index is 0.000000884. The van der Waals surface area contributed by atoms with Gasteiger partial charge in [-0.15, -0.1) is 0 Å². The van der Waals surface area contributed by atoms with Crippen LogP contribution in [0, 0.1) is 0 Å². The van der Waals surface area contributed by atoms with Crippen molar-refractivity contribution in [2.75, 3.05) is 14.2 Å². The van der Waals surface area contributed by atoms with Crippen molar-refractivity contribution in [1.82, 2.24) is 4.90 Å². The molecular formula is C26H35N3O2. The van der Waals surface area contributed by atoms with Gasteiger partial charge in [0.2, 0.25) is 0 Å². The number of aliphatic imine (C=N–C) groups is 2. The minimum atomic E-state index is 0.566. The number of aldehydes is 1. The summed E-state index contributed by atoms with van der Waals surface area (Å²) in [7, 11) is 3.37. The Bertz CT molecular complexity index is 898. The topological polar surface area (TPSA) is 54.3 Å². The molecular weight excluding hydrogens is 386 g/mol. The summed E-state index contributed by atoms with van der Waals surface area (Å²) >= 11 is 0. The molecule has 0 saturated carbocycles. The molecule has 0 fully saturated rings. The highest BCUT2D eigenvalue weighted by Crippen LogP contribution is 2.25. The second-order valence-electron chi connectivity index (χ2n) is 6.64. The number of rotatable bonds is 5. The molecule has 1 aliphatic heterocycles. The van der Waals surface area contributed by atoms with Gasteiger partial charge in [0.05, 0.1) is 13.7 Å². The van der Waals surface area contributed by atoms with Crippen LogP contribution in [-0.4, -0.2) is 37.0 Å². The third kappa shape index (κ3) is 6.92. The van der Waals surface area contributed by atoms with Gasteiger partial charge in [-0.1, -0.05) is 76.6 Å². The largest absolute Gasteiger partial charge is 0.497 e. The van der Waals surface area contributed by atoms with Gasteiger partial charge in [0.15, 0.2) is 5.84 Å². The minimum absolute atomic E-state index is 0.566. The van der Waals surface area contributed by atoms with Gasteiger partial charge in [0, 0.05) is 18.2 Å². The lowest BCUT2D eigenvalue weighted by Gasteiger charge is -2.21. The number of amidine groups is 2. The van der Waals surface area contributed by atoms with E-state index in [2.05, 4.69) is 18.8 Å². The average Bonchev–Trinajstić information content (AvgIpc) is 3.19. The van der Waals surface area contributed by atoms with E-state index in [0.717, 1.165) is 29.0 Å². The second kappa shape index (κ2) is 13.9. The number of carbonyl (C=O) groups is 1. The fraction of sp³-hybridized carbons (Fsp3) is 0.346. The molecule has 166 valence electrons. The lowest BCUT2D eigenvalue weighted by Crippen LogP contribution is -2.32. The van der Waals surface area contributed by atoms with Gasteiger partial charge in [0.25, 0.3) is 0 Å². The van der Waals surface area contributed by atoms with Crippen molar-refractivity contribution in [1.29, 1.82) is 0 Å². The lowest BCUT2D eigenvalue weighted by atomic mass is 10.1. The van der Waals surface area contributed by atoms with Crippen molar-refractivity contribution in [3.05, 3.63) is 77.0 Å². The number of hydrogen-bond acceptors (Lipinski definition) is 4. The van der Waals surface area contributed by atoms with Crippen LogP contribution < -0.4 is 4.74 Å². The van der Waals surface area contributed by atoms with Crippen molar-refractivity contribution in [2.24, 2.45) is 9.98 Å². The summed E-state index contributed by atoms with van der Waals surface area (Å²) in [6.45, 7) is 10.6. The molecule has 0 N–H and O–H groups in total. The van der Waals surface area contributed by atoms with Gasteiger partial charge in [-0.3, -0.25) is 9.79 Å². The second-order valence-corrected chi connectivity index (χ2v) is 6.64. The SMILES string of the molecule is CC.CCC.CN=C1/C(=C(\C)C=O)N=C(c2ccccc2)N1Cc1ccc(OC)cc1. The first kappa shape index (κ1) is 25.8. The van der Waals surface area contributed by atoms with Crippen LogP contribution in [0.25, 0.3) is 0 Å². The van der Waals surface area contributed by atoms with E-state index in [-0.39, 0.29) is 0 Å². The number of hydrogen-bond donors (Lipinski definition) is 0. The predicted molar refractivity (Wildman–Crippen MR) is 131 cm³/mol. The summed E-state index contributed by atoms with van der Waals surface area (Å²) < 4.78 is 5.23. The van der Waals surface area contributed by atoms with Gasteiger partial charge in [-0.2, -0.15) is 0 Å². The first-order valence-electron chi connectivity index (χ1n) is 10.8. The molecule has 5 nitrogen and oxygen atoms in total. The third-order valence-corrected chi connectivity index (χ3v) is 4.23. The highest BCUT2D eigenvalue weighted by atomic mass is 16.5. The highest BCUT2D eigenvalue weighted by molar-refractivity contribution is 6.21. The van der Waals surface area contributed by atoms with E-state index in [9.17, 15) is 4.79 Å². The number of carbonyl (C=O) groups excluding carboxylic acids is 1. The Labute approximate surface area is 187 Å². The summed E-state index contributed by atoms with van der Waals surface area (Å²) in [5.41, 5.74) is 3.27. The molecule has 0 aliphatic carbocycles. The van der Waals surface area contributed by atoms with Crippen LogP contribution >= 0.6 is 0 Å². The summed E-state index contributed by atoms with van der Waals surface area (Å²) in [4.78, 5) is 22.5. The number of benzene rings is 2. The molecule has 0 spiro atoms.